The number of methoxy groups -OCH3 is 2. The molecule has 118 valence electrons. The van der Waals surface area contributed by atoms with E-state index in [1.165, 1.54) is 28.1 Å². The van der Waals surface area contributed by atoms with Gasteiger partial charge in [-0.2, -0.15) is 0 Å². The summed E-state index contributed by atoms with van der Waals surface area (Å²) in [5, 5.41) is 8.73. The van der Waals surface area contributed by atoms with Crippen LogP contribution in [0.1, 0.15) is 43.9 Å². The van der Waals surface area contributed by atoms with E-state index in [1.54, 1.807) is 12.1 Å². The Balaban J connectivity index is 3.26. The summed E-state index contributed by atoms with van der Waals surface area (Å²) in [6, 6.07) is 2.61. The number of carboxylic acid groups (broad SMARTS) is 1. The molecule has 0 heterocycles. The summed E-state index contributed by atoms with van der Waals surface area (Å²) in [5.74, 6) is -0.102. The van der Waals surface area contributed by atoms with Crippen LogP contribution in [-0.4, -0.2) is 25.3 Å². The molecular weight excluding hydrogens is 277 g/mol. The van der Waals surface area contributed by atoms with Gasteiger partial charge in [0, 0.05) is 29.7 Å². The summed E-state index contributed by atoms with van der Waals surface area (Å²) in [6.07, 6.45) is 0.175. The number of carbonyl (C=O) groups is 1. The Morgan fingerprint density at radius 3 is 2.33 bits per heavy atom. The van der Waals surface area contributed by atoms with E-state index in [2.05, 4.69) is 0 Å². The fourth-order valence-corrected chi connectivity index (χ4v) is 2.11. The van der Waals surface area contributed by atoms with Gasteiger partial charge in [0.25, 0.3) is 0 Å². The van der Waals surface area contributed by atoms with Crippen LogP contribution in [0.25, 0.3) is 0 Å². The Hall–Kier alpha value is -1.82. The number of carboxylic acids is 1. The fraction of sp³-hybridized carbons (Fsp3) is 0.533. The first-order valence-corrected chi connectivity index (χ1v) is 6.63. The molecule has 0 radical (unpaired) electrons. The first-order chi connectivity index (χ1) is 9.70. The SMILES string of the molecule is COc1cc(OC)c(C(C)(C)F)cc1C(N)CCC(=O)O. The van der Waals surface area contributed by atoms with E-state index in [4.69, 9.17) is 20.3 Å². The predicted molar refractivity (Wildman–Crippen MR) is 77.5 cm³/mol. The Kier molecular flexibility index (Phi) is 5.54. The highest BCUT2D eigenvalue weighted by molar-refractivity contribution is 5.66. The van der Waals surface area contributed by atoms with E-state index in [0.29, 0.717) is 22.6 Å². The van der Waals surface area contributed by atoms with Crippen molar-refractivity contribution in [1.29, 1.82) is 0 Å². The molecule has 1 atom stereocenters. The molecule has 1 unspecified atom stereocenters. The third-order valence-electron chi connectivity index (χ3n) is 3.26. The number of nitrogens with two attached hydrogens (primary N) is 1. The van der Waals surface area contributed by atoms with Gasteiger partial charge in [0.05, 0.1) is 14.2 Å². The molecule has 3 N–H and O–H groups in total. The summed E-state index contributed by atoms with van der Waals surface area (Å²) in [6.45, 7) is 2.84. The van der Waals surface area contributed by atoms with Gasteiger partial charge >= 0.3 is 5.97 Å². The van der Waals surface area contributed by atoms with Crippen LogP contribution in [-0.2, 0) is 10.5 Å². The number of rotatable bonds is 7. The number of alkyl halides is 1. The molecule has 5 nitrogen and oxygen atoms in total. The van der Waals surface area contributed by atoms with Crippen LogP contribution in [0.2, 0.25) is 0 Å². The van der Waals surface area contributed by atoms with Crippen LogP contribution in [0, 0.1) is 0 Å². The standard InChI is InChI=1S/C15H22FNO4/c1-15(2,16)10-7-9(11(17)5-6-14(18)19)12(20-3)8-13(10)21-4/h7-8,11H,5-6,17H2,1-4H3,(H,18,19). The maximum absolute atomic E-state index is 14.3. The van der Waals surface area contributed by atoms with Gasteiger partial charge in [-0.05, 0) is 26.3 Å². The van der Waals surface area contributed by atoms with Gasteiger partial charge in [0.2, 0.25) is 0 Å². The molecule has 0 saturated carbocycles. The molecule has 0 bridgehead atoms. The fourth-order valence-electron chi connectivity index (χ4n) is 2.11. The van der Waals surface area contributed by atoms with Gasteiger partial charge in [-0.25, -0.2) is 4.39 Å². The molecule has 0 saturated heterocycles. The van der Waals surface area contributed by atoms with E-state index in [1.807, 2.05) is 0 Å². The van der Waals surface area contributed by atoms with Gasteiger partial charge in [0.1, 0.15) is 17.2 Å². The Morgan fingerprint density at radius 2 is 1.90 bits per heavy atom. The largest absolute Gasteiger partial charge is 0.496 e. The van der Waals surface area contributed by atoms with Crippen LogP contribution in [0.5, 0.6) is 11.5 Å². The number of halogens is 1. The smallest absolute Gasteiger partial charge is 0.303 e. The molecular formula is C15H22FNO4. The van der Waals surface area contributed by atoms with Crippen LogP contribution in [0.3, 0.4) is 0 Å². The number of hydrogen-bond donors (Lipinski definition) is 2. The first kappa shape index (κ1) is 17.2. The Bertz CT molecular complexity index is 511. The maximum atomic E-state index is 14.3. The molecule has 1 rings (SSSR count). The number of hydrogen-bond acceptors (Lipinski definition) is 4. The normalized spacial score (nSPS) is 12.9. The van der Waals surface area contributed by atoms with Crippen LogP contribution in [0.4, 0.5) is 4.39 Å². The van der Waals surface area contributed by atoms with Crippen molar-refractivity contribution < 1.29 is 23.8 Å². The topological polar surface area (TPSA) is 81.8 Å². The quantitative estimate of drug-likeness (QED) is 0.809. The van der Waals surface area contributed by atoms with Gasteiger partial charge in [-0.1, -0.05) is 0 Å². The summed E-state index contributed by atoms with van der Waals surface area (Å²) >= 11 is 0. The zero-order valence-electron chi connectivity index (χ0n) is 12.8. The monoisotopic (exact) mass is 299 g/mol. The minimum Gasteiger partial charge on any atom is -0.496 e. The van der Waals surface area contributed by atoms with Crippen molar-refractivity contribution in [3.05, 3.63) is 23.3 Å². The molecule has 6 heteroatoms. The second kappa shape index (κ2) is 6.76. The van der Waals surface area contributed by atoms with Crippen molar-refractivity contribution in [3.8, 4) is 11.5 Å². The van der Waals surface area contributed by atoms with Gasteiger partial charge in [-0.3, -0.25) is 4.79 Å². The second-order valence-corrected chi connectivity index (χ2v) is 5.31. The number of benzene rings is 1. The second-order valence-electron chi connectivity index (χ2n) is 5.31. The average molecular weight is 299 g/mol. The highest BCUT2D eigenvalue weighted by Gasteiger charge is 2.27. The molecule has 0 aromatic heterocycles. The Morgan fingerprint density at radius 1 is 1.33 bits per heavy atom. The van der Waals surface area contributed by atoms with E-state index >= 15 is 0 Å². The first-order valence-electron chi connectivity index (χ1n) is 6.63. The summed E-state index contributed by atoms with van der Waals surface area (Å²) < 4.78 is 24.8. The molecule has 0 spiro atoms. The Labute approximate surface area is 123 Å². The highest BCUT2D eigenvalue weighted by atomic mass is 19.1. The molecule has 0 aliphatic rings. The maximum Gasteiger partial charge on any atom is 0.303 e. The summed E-state index contributed by atoms with van der Waals surface area (Å²) in [5.41, 5.74) is 5.33. The van der Waals surface area contributed by atoms with Gasteiger partial charge in [-0.15, -0.1) is 0 Å². The molecule has 1 aromatic rings. The number of aliphatic carboxylic acids is 1. The molecule has 21 heavy (non-hydrogen) atoms. The van der Waals surface area contributed by atoms with E-state index in [9.17, 15) is 9.18 Å². The summed E-state index contributed by atoms with van der Waals surface area (Å²) in [7, 11) is 2.93. The molecule has 0 amide bonds. The lowest BCUT2D eigenvalue weighted by Crippen LogP contribution is -2.17. The molecule has 1 aromatic carbocycles. The minimum atomic E-state index is -1.61. The molecule has 0 aliphatic heterocycles. The van der Waals surface area contributed by atoms with Crippen LogP contribution >= 0.6 is 0 Å². The van der Waals surface area contributed by atoms with E-state index in [-0.39, 0.29) is 12.8 Å². The zero-order chi connectivity index (χ0) is 16.2. The predicted octanol–water partition coefficient (Wildman–Crippen LogP) is 2.77. The van der Waals surface area contributed by atoms with Crippen molar-refractivity contribution in [3.63, 3.8) is 0 Å². The van der Waals surface area contributed by atoms with Crippen molar-refractivity contribution in [1.82, 2.24) is 0 Å². The lowest BCUT2D eigenvalue weighted by Gasteiger charge is -2.23. The third-order valence-corrected chi connectivity index (χ3v) is 3.26. The summed E-state index contributed by atoms with van der Waals surface area (Å²) in [4.78, 5) is 10.6. The average Bonchev–Trinajstić information content (AvgIpc) is 2.42. The lowest BCUT2D eigenvalue weighted by atomic mass is 9.92. The molecule has 0 aliphatic carbocycles. The highest BCUT2D eigenvalue weighted by Crippen LogP contribution is 2.39. The van der Waals surface area contributed by atoms with E-state index in [0.717, 1.165) is 0 Å². The van der Waals surface area contributed by atoms with Gasteiger partial charge in [0.15, 0.2) is 0 Å². The molecule has 0 fully saturated rings. The van der Waals surface area contributed by atoms with Crippen molar-refractivity contribution >= 4 is 5.97 Å². The minimum absolute atomic E-state index is 0.0648. The lowest BCUT2D eigenvalue weighted by molar-refractivity contribution is -0.137. The van der Waals surface area contributed by atoms with Crippen molar-refractivity contribution in [2.75, 3.05) is 14.2 Å². The third kappa shape index (κ3) is 4.32. The van der Waals surface area contributed by atoms with E-state index < -0.39 is 17.7 Å². The van der Waals surface area contributed by atoms with Gasteiger partial charge < -0.3 is 20.3 Å². The zero-order valence-corrected chi connectivity index (χ0v) is 12.8. The van der Waals surface area contributed by atoms with Crippen molar-refractivity contribution in [2.24, 2.45) is 5.73 Å². The van der Waals surface area contributed by atoms with Crippen LogP contribution in [0.15, 0.2) is 12.1 Å². The van der Waals surface area contributed by atoms with Crippen LogP contribution < -0.4 is 15.2 Å². The number of ether oxygens (including phenoxy) is 2. The van der Waals surface area contributed by atoms with Crippen molar-refractivity contribution in [2.45, 2.75) is 38.4 Å².